The summed E-state index contributed by atoms with van der Waals surface area (Å²) in [5.74, 6) is 2.44. The van der Waals surface area contributed by atoms with E-state index in [0.29, 0.717) is 6.54 Å². The van der Waals surface area contributed by atoms with Crippen LogP contribution in [0.3, 0.4) is 0 Å². The lowest BCUT2D eigenvalue weighted by Crippen LogP contribution is -2.38. The molecule has 0 aliphatic carbocycles. The molecule has 1 aliphatic heterocycles. The van der Waals surface area contributed by atoms with Gasteiger partial charge in [-0.25, -0.2) is 4.99 Å². The molecule has 3 rings (SSSR count). The predicted molar refractivity (Wildman–Crippen MR) is 119 cm³/mol. The number of hydrogen-bond donors (Lipinski definition) is 0. The van der Waals surface area contributed by atoms with Crippen LogP contribution in [0.2, 0.25) is 0 Å². The molecule has 0 saturated heterocycles. The second-order valence-corrected chi connectivity index (χ2v) is 9.03. The minimum Gasteiger partial charge on any atom is -0.497 e. The van der Waals surface area contributed by atoms with Gasteiger partial charge in [-0.1, -0.05) is 56.8 Å². The summed E-state index contributed by atoms with van der Waals surface area (Å²) in [6.45, 7) is 6.68. The molecular weight excluding hydrogens is 384 g/mol. The van der Waals surface area contributed by atoms with Gasteiger partial charge in [-0.05, 0) is 40.8 Å². The van der Waals surface area contributed by atoms with Crippen molar-refractivity contribution in [1.29, 1.82) is 0 Å². The highest BCUT2D eigenvalue weighted by molar-refractivity contribution is 8.13. The van der Waals surface area contributed by atoms with Crippen LogP contribution in [-0.4, -0.2) is 36.2 Å². The smallest absolute Gasteiger partial charge is 0.254 e. The van der Waals surface area contributed by atoms with Crippen LogP contribution in [-0.2, 0) is 17.1 Å². The minimum absolute atomic E-state index is 0.0607. The van der Waals surface area contributed by atoms with Gasteiger partial charge in [-0.15, -0.1) is 0 Å². The van der Waals surface area contributed by atoms with Crippen LogP contribution < -0.4 is 9.47 Å². The number of benzene rings is 2. The van der Waals surface area contributed by atoms with Gasteiger partial charge in [0, 0.05) is 5.75 Å². The summed E-state index contributed by atoms with van der Waals surface area (Å²) in [6.07, 6.45) is 0. The third-order valence-electron chi connectivity index (χ3n) is 4.82. The van der Waals surface area contributed by atoms with Gasteiger partial charge in [0.1, 0.15) is 17.5 Å². The van der Waals surface area contributed by atoms with E-state index in [2.05, 4.69) is 20.8 Å². The maximum absolute atomic E-state index is 13.1. The molecule has 1 unspecified atom stereocenters. The number of methoxy groups -OCH3 is 2. The summed E-state index contributed by atoms with van der Waals surface area (Å²) in [6, 6.07) is 15.4. The second kappa shape index (κ2) is 8.91. The number of aliphatic imine (C=N–C) groups is 1. The normalized spacial score (nSPS) is 16.7. The molecule has 0 spiro atoms. The predicted octanol–water partition coefficient (Wildman–Crippen LogP) is 4.75. The third kappa shape index (κ3) is 5.12. The highest BCUT2D eigenvalue weighted by Crippen LogP contribution is 2.33. The van der Waals surface area contributed by atoms with Crippen molar-refractivity contribution >= 4 is 22.8 Å². The molecule has 0 N–H and O–H groups in total. The minimum atomic E-state index is -0.362. The zero-order chi connectivity index (χ0) is 21.0. The van der Waals surface area contributed by atoms with Crippen molar-refractivity contribution in [1.82, 2.24) is 4.90 Å². The Morgan fingerprint density at radius 3 is 1.93 bits per heavy atom. The second-order valence-electron chi connectivity index (χ2n) is 8.09. The molecule has 0 fully saturated rings. The average Bonchev–Trinajstić information content (AvgIpc) is 3.03. The summed E-state index contributed by atoms with van der Waals surface area (Å²) in [7, 11) is 3.31. The highest BCUT2D eigenvalue weighted by Gasteiger charge is 2.41. The molecule has 5 nitrogen and oxygen atoms in total. The topological polar surface area (TPSA) is 51.1 Å². The van der Waals surface area contributed by atoms with E-state index in [1.54, 1.807) is 26.0 Å². The lowest BCUT2D eigenvalue weighted by molar-refractivity contribution is -0.129. The van der Waals surface area contributed by atoms with Crippen LogP contribution >= 0.6 is 11.8 Å². The molecular formula is C23H28N2O3S. The summed E-state index contributed by atoms with van der Waals surface area (Å²) in [5, 5.41) is 0.779. The lowest BCUT2D eigenvalue weighted by atomic mass is 9.87. The van der Waals surface area contributed by atoms with E-state index in [9.17, 15) is 4.79 Å². The maximum atomic E-state index is 13.1. The Balaban J connectivity index is 1.77. The number of carbonyl (C=O) groups excluding carboxylic acids is 1. The van der Waals surface area contributed by atoms with E-state index in [1.807, 2.05) is 53.4 Å². The number of rotatable bonds is 6. The van der Waals surface area contributed by atoms with Crippen LogP contribution in [0.4, 0.5) is 0 Å². The summed E-state index contributed by atoms with van der Waals surface area (Å²) in [4.78, 5) is 19.8. The Bertz CT molecular complexity index is 870. The van der Waals surface area contributed by atoms with Crippen LogP contribution in [0, 0.1) is 5.41 Å². The van der Waals surface area contributed by atoms with Crippen LogP contribution in [0.15, 0.2) is 53.5 Å². The lowest BCUT2D eigenvalue weighted by Gasteiger charge is -2.24. The Morgan fingerprint density at radius 2 is 1.45 bits per heavy atom. The van der Waals surface area contributed by atoms with E-state index < -0.39 is 0 Å². The standard InChI is InChI=1S/C23H28N2O3S/c1-23(2,3)20-21(26)25(14-16-6-10-18(27-4)11-7-16)22(24-20)29-15-17-8-12-19(28-5)13-9-17/h6-13,20H,14-15H2,1-5H3. The van der Waals surface area contributed by atoms with Gasteiger partial charge < -0.3 is 9.47 Å². The number of amidine groups is 1. The van der Waals surface area contributed by atoms with Crippen molar-refractivity contribution in [2.45, 2.75) is 39.1 Å². The maximum Gasteiger partial charge on any atom is 0.254 e. The number of hydrogen-bond acceptors (Lipinski definition) is 5. The molecule has 6 heteroatoms. The van der Waals surface area contributed by atoms with Gasteiger partial charge in [-0.2, -0.15) is 0 Å². The van der Waals surface area contributed by atoms with Gasteiger partial charge in [-0.3, -0.25) is 9.69 Å². The number of nitrogens with zero attached hydrogens (tertiary/aromatic N) is 2. The molecule has 0 saturated carbocycles. The summed E-state index contributed by atoms with van der Waals surface area (Å²) < 4.78 is 10.5. The van der Waals surface area contributed by atoms with Crippen molar-refractivity contribution in [3.63, 3.8) is 0 Å². The first-order valence-electron chi connectivity index (χ1n) is 9.59. The van der Waals surface area contributed by atoms with Gasteiger partial charge in [0.15, 0.2) is 5.17 Å². The number of thioether (sulfide) groups is 1. The Morgan fingerprint density at radius 1 is 0.931 bits per heavy atom. The molecule has 29 heavy (non-hydrogen) atoms. The Labute approximate surface area is 177 Å². The monoisotopic (exact) mass is 412 g/mol. The first-order valence-corrected chi connectivity index (χ1v) is 10.6. The van der Waals surface area contributed by atoms with Crippen LogP contribution in [0.25, 0.3) is 0 Å². The molecule has 0 aromatic heterocycles. The Kier molecular flexibility index (Phi) is 6.52. The van der Waals surface area contributed by atoms with Crippen molar-refractivity contribution < 1.29 is 14.3 Å². The fraction of sp³-hybridized carbons (Fsp3) is 0.391. The van der Waals surface area contributed by atoms with Gasteiger partial charge in [0.05, 0.1) is 20.8 Å². The van der Waals surface area contributed by atoms with E-state index in [4.69, 9.17) is 14.5 Å². The highest BCUT2D eigenvalue weighted by atomic mass is 32.2. The fourth-order valence-corrected chi connectivity index (χ4v) is 4.06. The van der Waals surface area contributed by atoms with Gasteiger partial charge >= 0.3 is 0 Å². The fourth-order valence-electron chi connectivity index (χ4n) is 3.09. The zero-order valence-electron chi connectivity index (χ0n) is 17.6. The molecule has 2 aromatic carbocycles. The quantitative estimate of drug-likeness (QED) is 0.687. The summed E-state index contributed by atoms with van der Waals surface area (Å²) >= 11 is 1.60. The van der Waals surface area contributed by atoms with E-state index in [1.165, 1.54) is 0 Å². The number of carbonyl (C=O) groups is 1. The molecule has 0 bridgehead atoms. The van der Waals surface area contributed by atoms with Crippen molar-refractivity contribution in [3.8, 4) is 11.5 Å². The van der Waals surface area contributed by atoms with Crippen LogP contribution in [0.1, 0.15) is 31.9 Å². The van der Waals surface area contributed by atoms with Crippen LogP contribution in [0.5, 0.6) is 11.5 Å². The first kappa shape index (κ1) is 21.2. The first-order chi connectivity index (χ1) is 13.8. The molecule has 0 radical (unpaired) electrons. The number of amides is 1. The molecule has 1 aliphatic rings. The van der Waals surface area contributed by atoms with E-state index in [-0.39, 0.29) is 17.4 Å². The van der Waals surface area contributed by atoms with E-state index in [0.717, 1.165) is 33.5 Å². The zero-order valence-corrected chi connectivity index (χ0v) is 18.5. The number of ether oxygens (including phenoxy) is 2. The third-order valence-corrected chi connectivity index (χ3v) is 5.88. The molecule has 154 valence electrons. The molecule has 1 atom stereocenters. The van der Waals surface area contributed by atoms with Gasteiger partial charge in [0.25, 0.3) is 5.91 Å². The largest absolute Gasteiger partial charge is 0.497 e. The van der Waals surface area contributed by atoms with Gasteiger partial charge in [0.2, 0.25) is 0 Å². The Hall–Kier alpha value is -2.47. The average molecular weight is 413 g/mol. The molecule has 2 aromatic rings. The summed E-state index contributed by atoms with van der Waals surface area (Å²) in [5.41, 5.74) is 1.98. The van der Waals surface area contributed by atoms with Crippen molar-refractivity contribution in [2.24, 2.45) is 10.4 Å². The van der Waals surface area contributed by atoms with Crippen molar-refractivity contribution in [2.75, 3.05) is 14.2 Å². The molecule has 1 heterocycles. The van der Waals surface area contributed by atoms with Crippen molar-refractivity contribution in [3.05, 3.63) is 59.7 Å². The SMILES string of the molecule is COc1ccc(CSC2=NC(C(C)(C)C)C(=O)N2Cc2ccc(OC)cc2)cc1. The van der Waals surface area contributed by atoms with E-state index >= 15 is 0 Å². The molecule has 1 amide bonds.